The average molecular weight is 314 g/mol. The quantitative estimate of drug-likeness (QED) is 0.797. The fraction of sp³-hybridized carbons (Fsp3) is 0.278. The van der Waals surface area contributed by atoms with Crippen LogP contribution in [0.3, 0.4) is 0 Å². The van der Waals surface area contributed by atoms with Gasteiger partial charge in [-0.05, 0) is 42.0 Å². The summed E-state index contributed by atoms with van der Waals surface area (Å²) in [6.45, 7) is 0.968. The number of nitrogens with zero attached hydrogens (tertiary/aromatic N) is 1. The van der Waals surface area contributed by atoms with Gasteiger partial charge in [0.25, 0.3) is 0 Å². The third kappa shape index (κ3) is 5.21. The molecule has 2 N–H and O–H groups in total. The second-order valence-corrected chi connectivity index (χ2v) is 5.26. The lowest BCUT2D eigenvalue weighted by atomic mass is 10.1. The summed E-state index contributed by atoms with van der Waals surface area (Å²) >= 11 is 0. The normalized spacial score (nSPS) is 10.2. The van der Waals surface area contributed by atoms with Crippen LogP contribution >= 0.6 is 0 Å². The van der Waals surface area contributed by atoms with Crippen molar-refractivity contribution in [3.05, 3.63) is 54.1 Å². The summed E-state index contributed by atoms with van der Waals surface area (Å²) in [5.41, 5.74) is 7.28. The molecule has 0 saturated carbocycles. The number of amides is 1. The molecule has 23 heavy (non-hydrogen) atoms. The van der Waals surface area contributed by atoms with Gasteiger partial charge in [-0.25, -0.2) is 0 Å². The van der Waals surface area contributed by atoms with Gasteiger partial charge in [0.05, 0.1) is 20.1 Å². The van der Waals surface area contributed by atoms with Crippen LogP contribution in [0, 0.1) is 0 Å². The van der Waals surface area contributed by atoms with Crippen molar-refractivity contribution >= 4 is 11.6 Å². The van der Waals surface area contributed by atoms with Crippen LogP contribution in [-0.4, -0.2) is 38.1 Å². The molecule has 0 aliphatic carbocycles. The molecule has 5 nitrogen and oxygen atoms in total. The Morgan fingerprint density at radius 1 is 1.04 bits per heavy atom. The zero-order valence-corrected chi connectivity index (χ0v) is 13.5. The van der Waals surface area contributed by atoms with E-state index in [1.807, 2.05) is 36.4 Å². The van der Waals surface area contributed by atoms with Crippen molar-refractivity contribution in [1.82, 2.24) is 4.90 Å². The van der Waals surface area contributed by atoms with Crippen LogP contribution < -0.4 is 15.2 Å². The van der Waals surface area contributed by atoms with Gasteiger partial charge >= 0.3 is 0 Å². The van der Waals surface area contributed by atoms with Gasteiger partial charge < -0.3 is 20.1 Å². The third-order valence-corrected chi connectivity index (χ3v) is 3.52. The molecule has 0 aliphatic rings. The molecular weight excluding hydrogens is 292 g/mol. The van der Waals surface area contributed by atoms with Crippen molar-refractivity contribution in [2.75, 3.05) is 33.0 Å². The minimum Gasteiger partial charge on any atom is -0.497 e. The maximum absolute atomic E-state index is 12.1. The van der Waals surface area contributed by atoms with E-state index < -0.39 is 0 Å². The lowest BCUT2D eigenvalue weighted by molar-refractivity contribution is -0.129. The highest BCUT2D eigenvalue weighted by molar-refractivity contribution is 5.78. The molecule has 122 valence electrons. The Balaban J connectivity index is 1.75. The maximum atomic E-state index is 12.1. The standard InChI is InChI=1S/C18H22N2O3/c1-20(18(21)13-14-3-5-15(19)6-4-14)11-12-23-17-9-7-16(22-2)8-10-17/h3-10H,11-13,19H2,1-2H3. The topological polar surface area (TPSA) is 64.8 Å². The molecule has 1 amide bonds. The smallest absolute Gasteiger partial charge is 0.226 e. The highest BCUT2D eigenvalue weighted by Gasteiger charge is 2.09. The molecule has 0 aromatic heterocycles. The monoisotopic (exact) mass is 314 g/mol. The van der Waals surface area contributed by atoms with E-state index in [-0.39, 0.29) is 5.91 Å². The van der Waals surface area contributed by atoms with E-state index in [0.717, 1.165) is 17.1 Å². The van der Waals surface area contributed by atoms with E-state index in [9.17, 15) is 4.79 Å². The second kappa shape index (κ2) is 8.08. The summed E-state index contributed by atoms with van der Waals surface area (Å²) < 4.78 is 10.7. The molecule has 0 aliphatic heterocycles. The average Bonchev–Trinajstić information content (AvgIpc) is 2.57. The first-order chi connectivity index (χ1) is 11.1. The Morgan fingerprint density at radius 2 is 1.65 bits per heavy atom. The highest BCUT2D eigenvalue weighted by atomic mass is 16.5. The molecule has 0 heterocycles. The minimum absolute atomic E-state index is 0.0492. The van der Waals surface area contributed by atoms with Crippen molar-refractivity contribution in [2.24, 2.45) is 0 Å². The summed E-state index contributed by atoms with van der Waals surface area (Å²) in [4.78, 5) is 13.8. The number of methoxy groups -OCH3 is 1. The van der Waals surface area contributed by atoms with Crippen molar-refractivity contribution in [3.63, 3.8) is 0 Å². The van der Waals surface area contributed by atoms with Gasteiger partial charge in [-0.2, -0.15) is 0 Å². The van der Waals surface area contributed by atoms with Crippen LogP contribution in [0.4, 0.5) is 5.69 Å². The van der Waals surface area contributed by atoms with Crippen LogP contribution in [0.2, 0.25) is 0 Å². The number of hydrogen-bond donors (Lipinski definition) is 1. The van der Waals surface area contributed by atoms with E-state index in [4.69, 9.17) is 15.2 Å². The van der Waals surface area contributed by atoms with E-state index in [0.29, 0.717) is 25.3 Å². The van der Waals surface area contributed by atoms with Crippen LogP contribution in [0.25, 0.3) is 0 Å². The Morgan fingerprint density at radius 3 is 2.26 bits per heavy atom. The lowest BCUT2D eigenvalue weighted by Crippen LogP contribution is -2.32. The first-order valence-corrected chi connectivity index (χ1v) is 7.43. The predicted molar refractivity (Wildman–Crippen MR) is 90.7 cm³/mol. The van der Waals surface area contributed by atoms with Crippen LogP contribution in [0.5, 0.6) is 11.5 Å². The van der Waals surface area contributed by atoms with E-state index in [1.165, 1.54) is 0 Å². The summed E-state index contributed by atoms with van der Waals surface area (Å²) in [6, 6.07) is 14.7. The molecule has 0 bridgehead atoms. The van der Waals surface area contributed by atoms with Gasteiger partial charge in [0, 0.05) is 12.7 Å². The zero-order chi connectivity index (χ0) is 16.7. The number of nitrogens with two attached hydrogens (primary N) is 1. The molecule has 0 unspecified atom stereocenters. The van der Waals surface area contributed by atoms with Gasteiger partial charge in [0.15, 0.2) is 0 Å². The summed E-state index contributed by atoms with van der Waals surface area (Å²) in [7, 11) is 3.40. The summed E-state index contributed by atoms with van der Waals surface area (Å²) in [5, 5.41) is 0. The Kier molecular flexibility index (Phi) is 5.86. The molecule has 2 rings (SSSR count). The number of hydrogen-bond acceptors (Lipinski definition) is 4. The molecule has 5 heteroatoms. The number of rotatable bonds is 7. The van der Waals surface area contributed by atoms with E-state index in [2.05, 4.69) is 0 Å². The fourth-order valence-electron chi connectivity index (χ4n) is 2.04. The van der Waals surface area contributed by atoms with Gasteiger partial charge in [0.2, 0.25) is 5.91 Å². The molecule has 0 fully saturated rings. The van der Waals surface area contributed by atoms with Gasteiger partial charge in [-0.3, -0.25) is 4.79 Å². The minimum atomic E-state index is 0.0492. The lowest BCUT2D eigenvalue weighted by Gasteiger charge is -2.17. The molecule has 2 aromatic rings. The second-order valence-electron chi connectivity index (χ2n) is 5.26. The van der Waals surface area contributed by atoms with Crippen molar-refractivity contribution in [1.29, 1.82) is 0 Å². The van der Waals surface area contributed by atoms with Gasteiger partial charge in [-0.15, -0.1) is 0 Å². The first-order valence-electron chi connectivity index (χ1n) is 7.43. The number of benzene rings is 2. The number of likely N-dealkylation sites (N-methyl/N-ethyl adjacent to an activating group) is 1. The zero-order valence-electron chi connectivity index (χ0n) is 13.5. The highest BCUT2D eigenvalue weighted by Crippen LogP contribution is 2.16. The van der Waals surface area contributed by atoms with Crippen molar-refractivity contribution in [2.45, 2.75) is 6.42 Å². The number of anilines is 1. The van der Waals surface area contributed by atoms with Crippen molar-refractivity contribution in [3.8, 4) is 11.5 Å². The predicted octanol–water partition coefficient (Wildman–Crippen LogP) is 2.36. The van der Waals surface area contributed by atoms with E-state index in [1.54, 1.807) is 31.2 Å². The van der Waals surface area contributed by atoms with Crippen LogP contribution in [-0.2, 0) is 11.2 Å². The Bertz CT molecular complexity index is 624. The summed E-state index contributed by atoms with van der Waals surface area (Å²) in [5.74, 6) is 1.59. The number of carbonyl (C=O) groups excluding carboxylic acids is 1. The Hall–Kier alpha value is -2.69. The van der Waals surface area contributed by atoms with Gasteiger partial charge in [0.1, 0.15) is 18.1 Å². The summed E-state index contributed by atoms with van der Waals surface area (Å²) in [6.07, 6.45) is 0.360. The van der Waals surface area contributed by atoms with Crippen molar-refractivity contribution < 1.29 is 14.3 Å². The first kappa shape index (κ1) is 16.7. The molecule has 0 spiro atoms. The largest absolute Gasteiger partial charge is 0.497 e. The third-order valence-electron chi connectivity index (χ3n) is 3.52. The number of nitrogen functional groups attached to an aromatic ring is 1. The van der Waals surface area contributed by atoms with Crippen LogP contribution in [0.1, 0.15) is 5.56 Å². The number of carbonyl (C=O) groups is 1. The van der Waals surface area contributed by atoms with E-state index >= 15 is 0 Å². The maximum Gasteiger partial charge on any atom is 0.226 e. The molecular formula is C18H22N2O3. The van der Waals surface area contributed by atoms with Crippen LogP contribution in [0.15, 0.2) is 48.5 Å². The SMILES string of the molecule is COc1ccc(OCCN(C)C(=O)Cc2ccc(N)cc2)cc1. The molecule has 2 aromatic carbocycles. The molecule has 0 saturated heterocycles. The fourth-order valence-corrected chi connectivity index (χ4v) is 2.04. The molecule has 0 atom stereocenters. The molecule has 0 radical (unpaired) electrons. The Labute approximate surface area is 136 Å². The number of ether oxygens (including phenoxy) is 2. The van der Waals surface area contributed by atoms with Gasteiger partial charge in [-0.1, -0.05) is 12.1 Å².